The van der Waals surface area contributed by atoms with Crippen molar-refractivity contribution >= 4 is 11.6 Å². The Labute approximate surface area is 128 Å². The minimum Gasteiger partial charge on any atom is -0.494 e. The van der Waals surface area contributed by atoms with E-state index >= 15 is 0 Å². The van der Waals surface area contributed by atoms with Gasteiger partial charge in [0, 0.05) is 6.54 Å². The topological polar surface area (TPSA) is 30.5 Å². The van der Waals surface area contributed by atoms with E-state index in [1.165, 1.54) is 13.2 Å². The molecule has 0 aliphatic carbocycles. The van der Waals surface area contributed by atoms with Crippen molar-refractivity contribution in [3.05, 3.63) is 58.4 Å². The zero-order valence-corrected chi connectivity index (χ0v) is 12.7. The highest BCUT2D eigenvalue weighted by Gasteiger charge is 2.06. The molecule has 0 spiro atoms. The van der Waals surface area contributed by atoms with E-state index in [-0.39, 0.29) is 12.4 Å². The maximum Gasteiger partial charge on any atom is 0.165 e. The zero-order chi connectivity index (χ0) is 15.2. The number of hydrogen-bond donors (Lipinski definition) is 1. The van der Waals surface area contributed by atoms with Crippen molar-refractivity contribution in [2.75, 3.05) is 14.2 Å². The Balaban J connectivity index is 2.04. The normalized spacial score (nSPS) is 10.5. The van der Waals surface area contributed by atoms with Gasteiger partial charge in [-0.25, -0.2) is 4.39 Å². The van der Waals surface area contributed by atoms with Crippen LogP contribution >= 0.6 is 11.6 Å². The van der Waals surface area contributed by atoms with Crippen LogP contribution in [0.25, 0.3) is 0 Å². The number of benzene rings is 2. The fraction of sp³-hybridized carbons (Fsp3) is 0.250. The smallest absolute Gasteiger partial charge is 0.165 e. The molecule has 112 valence electrons. The van der Waals surface area contributed by atoms with Crippen LogP contribution in [-0.2, 0) is 13.2 Å². The van der Waals surface area contributed by atoms with E-state index in [4.69, 9.17) is 21.1 Å². The standard InChI is InChI=1S/C16H17ClFNO2/c1-19-9-11-3-5-15(13(17)7-11)21-10-12-4-6-16(20-2)14(18)8-12/h3-8,19H,9-10H2,1-2H3. The average molecular weight is 310 g/mol. The minimum absolute atomic E-state index is 0.216. The summed E-state index contributed by atoms with van der Waals surface area (Å²) in [7, 11) is 3.30. The Morgan fingerprint density at radius 2 is 1.81 bits per heavy atom. The lowest BCUT2D eigenvalue weighted by atomic mass is 10.2. The fourth-order valence-corrected chi connectivity index (χ4v) is 2.19. The van der Waals surface area contributed by atoms with Gasteiger partial charge in [-0.15, -0.1) is 0 Å². The van der Waals surface area contributed by atoms with Gasteiger partial charge in [0.25, 0.3) is 0 Å². The summed E-state index contributed by atoms with van der Waals surface area (Å²) in [4.78, 5) is 0. The van der Waals surface area contributed by atoms with E-state index in [2.05, 4.69) is 5.32 Å². The molecular formula is C16H17ClFNO2. The Morgan fingerprint density at radius 1 is 1.10 bits per heavy atom. The molecule has 2 rings (SSSR count). The number of methoxy groups -OCH3 is 1. The molecule has 0 heterocycles. The van der Waals surface area contributed by atoms with Crippen LogP contribution in [0, 0.1) is 5.82 Å². The van der Waals surface area contributed by atoms with Crippen LogP contribution in [0.15, 0.2) is 36.4 Å². The average Bonchev–Trinajstić information content (AvgIpc) is 2.47. The summed E-state index contributed by atoms with van der Waals surface area (Å²) in [5.74, 6) is 0.384. The third-order valence-corrected chi connectivity index (χ3v) is 3.28. The van der Waals surface area contributed by atoms with E-state index in [0.29, 0.717) is 16.3 Å². The van der Waals surface area contributed by atoms with Crippen molar-refractivity contribution in [3.63, 3.8) is 0 Å². The number of ether oxygens (including phenoxy) is 2. The molecule has 1 N–H and O–H groups in total. The van der Waals surface area contributed by atoms with Gasteiger partial charge in [-0.1, -0.05) is 23.7 Å². The molecule has 0 atom stereocenters. The summed E-state index contributed by atoms with van der Waals surface area (Å²) < 4.78 is 24.1. The zero-order valence-electron chi connectivity index (χ0n) is 12.0. The maximum atomic E-state index is 13.6. The van der Waals surface area contributed by atoms with Crippen LogP contribution in [-0.4, -0.2) is 14.2 Å². The summed E-state index contributed by atoms with van der Waals surface area (Å²) in [5, 5.41) is 3.59. The second-order valence-corrected chi connectivity index (χ2v) is 4.96. The van der Waals surface area contributed by atoms with Crippen molar-refractivity contribution in [1.82, 2.24) is 5.32 Å². The second-order valence-electron chi connectivity index (χ2n) is 4.55. The van der Waals surface area contributed by atoms with Gasteiger partial charge < -0.3 is 14.8 Å². The molecule has 0 bridgehead atoms. The van der Waals surface area contributed by atoms with Gasteiger partial charge in [0.1, 0.15) is 12.4 Å². The summed E-state index contributed by atoms with van der Waals surface area (Å²) in [6, 6.07) is 10.3. The molecular weight excluding hydrogens is 293 g/mol. The highest BCUT2D eigenvalue weighted by Crippen LogP contribution is 2.27. The van der Waals surface area contributed by atoms with Crippen molar-refractivity contribution in [2.45, 2.75) is 13.2 Å². The summed E-state index contributed by atoms with van der Waals surface area (Å²) >= 11 is 6.16. The first-order chi connectivity index (χ1) is 10.1. The third-order valence-electron chi connectivity index (χ3n) is 2.99. The number of halogens is 2. The highest BCUT2D eigenvalue weighted by atomic mass is 35.5. The van der Waals surface area contributed by atoms with Crippen molar-refractivity contribution in [2.24, 2.45) is 0 Å². The summed E-state index contributed by atoms with van der Waals surface area (Å²) in [5.41, 5.74) is 1.79. The van der Waals surface area contributed by atoms with Crippen LogP contribution in [0.3, 0.4) is 0 Å². The molecule has 21 heavy (non-hydrogen) atoms. The Morgan fingerprint density at radius 3 is 2.43 bits per heavy atom. The van der Waals surface area contributed by atoms with Crippen LogP contribution in [0.2, 0.25) is 5.02 Å². The molecule has 0 unspecified atom stereocenters. The van der Waals surface area contributed by atoms with Crippen LogP contribution < -0.4 is 14.8 Å². The molecule has 0 radical (unpaired) electrons. The molecule has 0 saturated heterocycles. The van der Waals surface area contributed by atoms with Crippen LogP contribution in [0.4, 0.5) is 4.39 Å². The predicted molar refractivity (Wildman–Crippen MR) is 81.5 cm³/mol. The van der Waals surface area contributed by atoms with E-state index in [1.54, 1.807) is 12.1 Å². The van der Waals surface area contributed by atoms with Crippen molar-refractivity contribution < 1.29 is 13.9 Å². The van der Waals surface area contributed by atoms with E-state index in [9.17, 15) is 4.39 Å². The lowest BCUT2D eigenvalue weighted by molar-refractivity contribution is 0.305. The number of nitrogens with one attached hydrogen (secondary N) is 1. The van der Waals surface area contributed by atoms with E-state index in [0.717, 1.165) is 12.1 Å². The SMILES string of the molecule is CNCc1ccc(OCc2ccc(OC)c(F)c2)c(Cl)c1. The lowest BCUT2D eigenvalue weighted by Gasteiger charge is -2.10. The molecule has 5 heteroatoms. The minimum atomic E-state index is -0.408. The van der Waals surface area contributed by atoms with Gasteiger partial charge in [0.2, 0.25) is 0 Å². The van der Waals surface area contributed by atoms with Gasteiger partial charge >= 0.3 is 0 Å². The van der Waals surface area contributed by atoms with Crippen molar-refractivity contribution in [3.8, 4) is 11.5 Å². The summed E-state index contributed by atoms with van der Waals surface area (Å²) in [6.45, 7) is 0.982. The Kier molecular flexibility index (Phi) is 5.42. The monoisotopic (exact) mass is 309 g/mol. The molecule has 0 fully saturated rings. The van der Waals surface area contributed by atoms with Gasteiger partial charge in [-0.05, 0) is 42.4 Å². The largest absolute Gasteiger partial charge is 0.494 e. The second kappa shape index (κ2) is 7.29. The van der Waals surface area contributed by atoms with E-state index in [1.807, 2.05) is 25.2 Å². The first kappa shape index (κ1) is 15.6. The molecule has 3 nitrogen and oxygen atoms in total. The lowest BCUT2D eigenvalue weighted by Crippen LogP contribution is -2.05. The molecule has 0 aliphatic rings. The first-order valence-corrected chi connectivity index (χ1v) is 6.90. The highest BCUT2D eigenvalue weighted by molar-refractivity contribution is 6.32. The van der Waals surface area contributed by atoms with Crippen LogP contribution in [0.5, 0.6) is 11.5 Å². The van der Waals surface area contributed by atoms with Gasteiger partial charge in [0.05, 0.1) is 12.1 Å². The molecule has 0 aromatic heterocycles. The number of hydrogen-bond acceptors (Lipinski definition) is 3. The van der Waals surface area contributed by atoms with Crippen LogP contribution in [0.1, 0.15) is 11.1 Å². The number of rotatable bonds is 6. The van der Waals surface area contributed by atoms with Gasteiger partial charge in [0.15, 0.2) is 11.6 Å². The van der Waals surface area contributed by atoms with Gasteiger partial charge in [-0.3, -0.25) is 0 Å². The molecule has 0 aliphatic heterocycles. The molecule has 2 aromatic carbocycles. The summed E-state index contributed by atoms with van der Waals surface area (Å²) in [6.07, 6.45) is 0. The predicted octanol–water partition coefficient (Wildman–Crippen LogP) is 3.79. The Bertz CT molecular complexity index is 619. The molecule has 0 amide bonds. The molecule has 0 saturated carbocycles. The third kappa shape index (κ3) is 4.09. The maximum absolute atomic E-state index is 13.6. The molecule has 2 aromatic rings. The van der Waals surface area contributed by atoms with Gasteiger partial charge in [-0.2, -0.15) is 0 Å². The van der Waals surface area contributed by atoms with E-state index < -0.39 is 5.82 Å². The fourth-order valence-electron chi connectivity index (χ4n) is 1.94. The quantitative estimate of drug-likeness (QED) is 0.880. The first-order valence-electron chi connectivity index (χ1n) is 6.52. The Hall–Kier alpha value is -1.78. The van der Waals surface area contributed by atoms with Crippen molar-refractivity contribution in [1.29, 1.82) is 0 Å².